The van der Waals surface area contributed by atoms with Crippen LogP contribution in [0.1, 0.15) is 12.8 Å². The second-order valence-electron chi connectivity index (χ2n) is 7.08. The molecule has 0 spiro atoms. The third-order valence-corrected chi connectivity index (χ3v) is 7.73. The molecule has 2 nitrogen and oxygen atoms in total. The van der Waals surface area contributed by atoms with Gasteiger partial charge in [-0.15, -0.1) is 23.1 Å². The van der Waals surface area contributed by atoms with Gasteiger partial charge in [-0.1, -0.05) is 23.7 Å². The minimum absolute atomic E-state index is 0.274. The van der Waals surface area contributed by atoms with E-state index in [0.29, 0.717) is 5.02 Å². The van der Waals surface area contributed by atoms with Crippen LogP contribution in [0.25, 0.3) is 10.1 Å². The fraction of sp³-hybridized carbons (Fsp3) is 0.364. The second kappa shape index (κ2) is 9.49. The molecule has 1 aromatic heterocycles. The lowest BCUT2D eigenvalue weighted by molar-refractivity contribution is 0.254. The van der Waals surface area contributed by atoms with Crippen molar-refractivity contribution in [1.29, 1.82) is 0 Å². The van der Waals surface area contributed by atoms with Gasteiger partial charge in [-0.2, -0.15) is 0 Å². The van der Waals surface area contributed by atoms with Crippen LogP contribution in [0.4, 0.5) is 10.1 Å². The van der Waals surface area contributed by atoms with Crippen molar-refractivity contribution in [2.24, 2.45) is 0 Å². The van der Waals surface area contributed by atoms with Crippen molar-refractivity contribution < 1.29 is 4.39 Å². The number of thioether (sulfide) groups is 1. The van der Waals surface area contributed by atoms with Gasteiger partial charge >= 0.3 is 0 Å². The molecular formula is C22H24ClFN2S2. The summed E-state index contributed by atoms with van der Waals surface area (Å²) in [5.41, 5.74) is 1.39. The van der Waals surface area contributed by atoms with Crippen LogP contribution in [0.3, 0.4) is 0 Å². The van der Waals surface area contributed by atoms with Gasteiger partial charge in [0.2, 0.25) is 0 Å². The van der Waals surface area contributed by atoms with Crippen LogP contribution in [0.5, 0.6) is 0 Å². The molecule has 0 amide bonds. The van der Waals surface area contributed by atoms with E-state index >= 15 is 0 Å². The lowest BCUT2D eigenvalue weighted by atomic mass is 10.2. The molecule has 28 heavy (non-hydrogen) atoms. The molecule has 148 valence electrons. The summed E-state index contributed by atoms with van der Waals surface area (Å²) in [5.74, 6) is 0.745. The zero-order valence-corrected chi connectivity index (χ0v) is 18.1. The number of halogens is 2. The summed E-state index contributed by atoms with van der Waals surface area (Å²) in [4.78, 5) is 6.07. The van der Waals surface area contributed by atoms with Gasteiger partial charge in [0.15, 0.2) is 0 Å². The summed E-state index contributed by atoms with van der Waals surface area (Å²) < 4.78 is 14.5. The van der Waals surface area contributed by atoms with E-state index < -0.39 is 0 Å². The molecule has 6 heteroatoms. The quantitative estimate of drug-likeness (QED) is 0.314. The van der Waals surface area contributed by atoms with Gasteiger partial charge in [0, 0.05) is 31.1 Å². The van der Waals surface area contributed by atoms with E-state index in [9.17, 15) is 4.39 Å². The number of thiophene rings is 1. The van der Waals surface area contributed by atoms with E-state index in [1.807, 2.05) is 11.3 Å². The second-order valence-corrected chi connectivity index (χ2v) is 9.54. The Morgan fingerprint density at radius 3 is 2.71 bits per heavy atom. The van der Waals surface area contributed by atoms with Crippen LogP contribution in [-0.2, 0) is 0 Å². The maximum atomic E-state index is 13.1. The van der Waals surface area contributed by atoms with Crippen LogP contribution in [0.15, 0.2) is 52.7 Å². The first-order valence-electron chi connectivity index (χ1n) is 9.72. The molecule has 3 aromatic rings. The number of hydrogen-bond donors (Lipinski definition) is 0. The number of unbranched alkanes of at least 4 members (excludes halogenated alkanes) is 1. The van der Waals surface area contributed by atoms with Crippen LogP contribution >= 0.6 is 34.7 Å². The van der Waals surface area contributed by atoms with E-state index in [0.717, 1.165) is 49.8 Å². The molecule has 0 saturated carbocycles. The molecular weight excluding hydrogens is 411 g/mol. The summed E-state index contributed by atoms with van der Waals surface area (Å²) in [6, 6.07) is 13.5. The number of anilines is 1. The van der Waals surface area contributed by atoms with Gasteiger partial charge < -0.3 is 4.90 Å². The Labute approximate surface area is 179 Å². The van der Waals surface area contributed by atoms with Gasteiger partial charge in [0.05, 0.1) is 15.4 Å². The first-order valence-corrected chi connectivity index (χ1v) is 12.0. The highest BCUT2D eigenvalue weighted by Gasteiger charge is 2.18. The Morgan fingerprint density at radius 1 is 1.04 bits per heavy atom. The molecule has 0 N–H and O–H groups in total. The van der Waals surface area contributed by atoms with E-state index in [1.165, 1.54) is 34.3 Å². The average molecular weight is 435 g/mol. The fourth-order valence-corrected chi connectivity index (χ4v) is 5.85. The Morgan fingerprint density at radius 2 is 1.89 bits per heavy atom. The van der Waals surface area contributed by atoms with E-state index in [2.05, 4.69) is 39.4 Å². The summed E-state index contributed by atoms with van der Waals surface area (Å²) in [7, 11) is 0. The summed E-state index contributed by atoms with van der Waals surface area (Å²) in [6.45, 7) is 5.58. The molecule has 2 heterocycles. The number of nitrogens with zero attached hydrogens (tertiary/aromatic N) is 2. The summed E-state index contributed by atoms with van der Waals surface area (Å²) >= 11 is 9.64. The molecule has 0 bridgehead atoms. The molecule has 0 aliphatic carbocycles. The maximum absolute atomic E-state index is 13.1. The van der Waals surface area contributed by atoms with Crippen molar-refractivity contribution in [1.82, 2.24) is 4.90 Å². The highest BCUT2D eigenvalue weighted by Crippen LogP contribution is 2.32. The van der Waals surface area contributed by atoms with E-state index in [-0.39, 0.29) is 5.82 Å². The highest BCUT2D eigenvalue weighted by atomic mass is 35.5. The number of rotatable bonds is 7. The normalized spacial score (nSPS) is 15.4. The Bertz CT molecular complexity index is 922. The highest BCUT2D eigenvalue weighted by molar-refractivity contribution is 7.99. The standard InChI is InChI=1S/C22H24ClFN2S2/c23-19-16-18(24)6-7-21(19)27-14-2-1-9-25-10-12-26(13-11-25)20-5-3-4-17-8-15-28-22(17)20/h3-8,15-16H,1-2,9-14H2. The first kappa shape index (κ1) is 20.0. The fourth-order valence-electron chi connectivity index (χ4n) is 3.65. The van der Waals surface area contributed by atoms with E-state index in [1.54, 1.807) is 17.8 Å². The zero-order chi connectivity index (χ0) is 19.3. The van der Waals surface area contributed by atoms with Crippen LogP contribution < -0.4 is 4.90 Å². The Hall–Kier alpha value is -1.27. The van der Waals surface area contributed by atoms with Gasteiger partial charge in [-0.25, -0.2) is 4.39 Å². The number of hydrogen-bond acceptors (Lipinski definition) is 4. The summed E-state index contributed by atoms with van der Waals surface area (Å²) in [5, 5.41) is 4.05. The minimum Gasteiger partial charge on any atom is -0.368 e. The SMILES string of the molecule is Fc1ccc(SCCCCN2CCN(c3cccc4ccsc34)CC2)c(Cl)c1. The number of piperazine rings is 1. The van der Waals surface area contributed by atoms with Gasteiger partial charge in [0.1, 0.15) is 5.82 Å². The van der Waals surface area contributed by atoms with E-state index in [4.69, 9.17) is 11.6 Å². The lowest BCUT2D eigenvalue weighted by Crippen LogP contribution is -2.46. The van der Waals surface area contributed by atoms with Crippen LogP contribution in [0.2, 0.25) is 5.02 Å². The number of fused-ring (bicyclic) bond motifs is 1. The predicted octanol–water partition coefficient (Wildman–Crippen LogP) is 6.39. The molecule has 0 unspecified atom stereocenters. The van der Waals surface area contributed by atoms with Crippen LogP contribution in [-0.4, -0.2) is 43.4 Å². The molecule has 1 saturated heterocycles. The summed E-state index contributed by atoms with van der Waals surface area (Å²) in [6.07, 6.45) is 2.33. The monoisotopic (exact) mass is 434 g/mol. The molecule has 2 aromatic carbocycles. The minimum atomic E-state index is -0.274. The van der Waals surface area contributed by atoms with Gasteiger partial charge in [0.25, 0.3) is 0 Å². The molecule has 0 atom stereocenters. The molecule has 4 rings (SSSR count). The zero-order valence-electron chi connectivity index (χ0n) is 15.7. The van der Waals surface area contributed by atoms with Crippen molar-refractivity contribution in [3.05, 3.63) is 58.7 Å². The third-order valence-electron chi connectivity index (χ3n) is 5.19. The van der Waals surface area contributed by atoms with Gasteiger partial charge in [-0.3, -0.25) is 4.90 Å². The molecule has 1 fully saturated rings. The Kier molecular flexibility index (Phi) is 6.78. The van der Waals surface area contributed by atoms with Crippen molar-refractivity contribution in [2.75, 3.05) is 43.4 Å². The van der Waals surface area contributed by atoms with Gasteiger partial charge in [-0.05, 0) is 66.2 Å². The van der Waals surface area contributed by atoms with Crippen LogP contribution in [0, 0.1) is 5.82 Å². The number of benzene rings is 2. The Balaban J connectivity index is 1.18. The molecule has 1 aliphatic rings. The van der Waals surface area contributed by atoms with Crippen molar-refractivity contribution in [3.8, 4) is 0 Å². The molecule has 0 radical (unpaired) electrons. The predicted molar refractivity (Wildman–Crippen MR) is 122 cm³/mol. The first-order chi connectivity index (χ1) is 13.7. The van der Waals surface area contributed by atoms with Crippen molar-refractivity contribution in [3.63, 3.8) is 0 Å². The largest absolute Gasteiger partial charge is 0.368 e. The van der Waals surface area contributed by atoms with Crippen molar-refractivity contribution >= 4 is 50.5 Å². The average Bonchev–Trinajstić information content (AvgIpc) is 3.19. The topological polar surface area (TPSA) is 6.48 Å². The lowest BCUT2D eigenvalue weighted by Gasteiger charge is -2.36. The van der Waals surface area contributed by atoms with Crippen molar-refractivity contribution in [2.45, 2.75) is 17.7 Å². The molecule has 1 aliphatic heterocycles. The maximum Gasteiger partial charge on any atom is 0.124 e. The third kappa shape index (κ3) is 4.82. The smallest absolute Gasteiger partial charge is 0.124 e.